The molecule has 5 aliphatic rings. The molecule has 5 fully saturated rings. The average Bonchev–Trinajstić information content (AvgIpc) is 1.90. The number of amides is 7. The number of likely N-dealkylation sites (tertiary alicyclic amines) is 1. The first-order valence-corrected chi connectivity index (χ1v) is 28.4. The Labute approximate surface area is 508 Å². The minimum atomic E-state index is -1.38. The van der Waals surface area contributed by atoms with E-state index in [0.29, 0.717) is 125 Å². The Hall–Kier alpha value is -6.13. The summed E-state index contributed by atoms with van der Waals surface area (Å²) in [6, 6.07) is -1.18. The number of nitrogens with one attached hydrogen (secondary N) is 5. The number of rotatable bonds is 41. The summed E-state index contributed by atoms with van der Waals surface area (Å²) in [5, 5.41) is 88.0. The molecule has 7 amide bonds. The van der Waals surface area contributed by atoms with Gasteiger partial charge in [-0.1, -0.05) is 5.11 Å². The lowest BCUT2D eigenvalue weighted by Crippen LogP contribution is -2.59. The summed E-state index contributed by atoms with van der Waals surface area (Å²) in [6.45, 7) is 5.43. The van der Waals surface area contributed by atoms with Crippen LogP contribution in [0.2, 0.25) is 0 Å². The van der Waals surface area contributed by atoms with Gasteiger partial charge in [0.25, 0.3) is 0 Å². The molecule has 5 heterocycles. The van der Waals surface area contributed by atoms with Gasteiger partial charge in [0.1, 0.15) is 60.2 Å². The van der Waals surface area contributed by atoms with Crippen molar-refractivity contribution in [3.8, 4) is 0 Å². The number of aliphatic hydroxyl groups is 6. The number of nitrogens with zero attached hydrogens (tertiary/aromatic N) is 9. The van der Waals surface area contributed by atoms with Crippen molar-refractivity contribution in [3.05, 3.63) is 20.9 Å². The number of carbonyl (C=O) groups is 6. The molecular weight excluding hydrogens is 1180 g/mol. The van der Waals surface area contributed by atoms with Gasteiger partial charge in [0.05, 0.1) is 121 Å². The molecule has 13 N–H and O–H groups in total. The molecule has 0 saturated carbocycles. The lowest BCUT2D eigenvalue weighted by Gasteiger charge is -2.37. The highest BCUT2D eigenvalue weighted by molar-refractivity contribution is 6.04. The highest BCUT2D eigenvalue weighted by Gasteiger charge is 2.50. The van der Waals surface area contributed by atoms with Gasteiger partial charge in [0, 0.05) is 73.5 Å². The zero-order valence-corrected chi connectivity index (χ0v) is 49.1. The number of hydrogen-bond donors (Lipinski definition) is 12. The zero-order chi connectivity index (χ0) is 65.8. The fourth-order valence-electron chi connectivity index (χ4n) is 8.64. The van der Waals surface area contributed by atoms with Crippen molar-refractivity contribution in [1.82, 2.24) is 30.7 Å². The van der Waals surface area contributed by atoms with Crippen molar-refractivity contribution in [1.29, 1.82) is 10.8 Å². The van der Waals surface area contributed by atoms with Crippen LogP contribution in [0.1, 0.15) is 52.7 Å². The van der Waals surface area contributed by atoms with Crippen LogP contribution in [-0.4, -0.2) is 300 Å². The van der Waals surface area contributed by atoms with Crippen LogP contribution >= 0.6 is 0 Å². The maximum Gasteiger partial charge on any atom is 0.324 e. The number of ether oxygens (including phenoxy) is 9. The third-order valence-electron chi connectivity index (χ3n) is 13.3. The van der Waals surface area contributed by atoms with Crippen molar-refractivity contribution in [3.63, 3.8) is 0 Å². The molecule has 0 aromatic heterocycles. The molecule has 37 nitrogen and oxygen atoms in total. The van der Waals surface area contributed by atoms with Gasteiger partial charge in [0.15, 0.2) is 18.2 Å². The quantitative estimate of drug-likeness (QED) is 0.00749. The zero-order valence-electron chi connectivity index (χ0n) is 50.1. The number of hydrogen-bond acceptors (Lipinski definition) is 27. The fourth-order valence-corrected chi connectivity index (χ4v) is 8.64. The molecule has 88 heavy (non-hydrogen) atoms. The maximum atomic E-state index is 12.3. The van der Waals surface area contributed by atoms with Crippen LogP contribution in [0.25, 0.3) is 20.9 Å². The SMILES string of the molecule is N=C1NC(=O)N([C@@H]2O[C@H](CO)C(O)[C@@H]2O)CC1CCCN.[2H]CF.[N-]=[N+]=NCCOCCOCCOCCOCCC(=O)NCCCC1CN([C@@H]2O[C@H](CO)C(O)[C@@H]2O)C(=O)NC1=N.[N-]=[N+]=NOCCOCCOCCOCCC(=O)CN1C(=O)CCC1=O. The van der Waals surface area contributed by atoms with Crippen LogP contribution in [0.4, 0.5) is 14.0 Å². The van der Waals surface area contributed by atoms with Crippen molar-refractivity contribution < 1.29 is 113 Å². The Kier molecular flexibility index (Phi) is 40.6. The Morgan fingerprint density at radius 1 is 0.682 bits per heavy atom. The van der Waals surface area contributed by atoms with Crippen molar-refractivity contribution >= 4 is 47.2 Å². The second-order valence-electron chi connectivity index (χ2n) is 19.4. The molecule has 0 aromatic carbocycles. The number of carbonyl (C=O) groups excluding carboxylic acids is 6. The Morgan fingerprint density at radius 2 is 1.10 bits per heavy atom. The highest BCUT2D eigenvalue weighted by atomic mass is 19.1. The van der Waals surface area contributed by atoms with Crippen LogP contribution < -0.4 is 21.7 Å². The van der Waals surface area contributed by atoms with E-state index in [9.17, 15) is 58.7 Å². The third-order valence-corrected chi connectivity index (χ3v) is 13.3. The Balaban J connectivity index is 0.000000472. The number of Topliss-reactive ketones (excluding diaryl/α,β-unsaturated/α-hetero) is 1. The number of aliphatic hydroxyl groups excluding tert-OH is 6. The molecule has 0 aliphatic carbocycles. The predicted octanol–water partition coefficient (Wildman–Crippen LogP) is -2.54. The van der Waals surface area contributed by atoms with E-state index in [-0.39, 0.29) is 112 Å². The van der Waals surface area contributed by atoms with Gasteiger partial charge in [-0.05, 0) is 43.3 Å². The third kappa shape index (κ3) is 29.5. The lowest BCUT2D eigenvalue weighted by atomic mass is 9.98. The smallest absolute Gasteiger partial charge is 0.324 e. The number of nitrogens with two attached hydrogens (primary N) is 1. The fraction of sp³-hybridized carbons (Fsp3) is 0.840. The molecule has 502 valence electrons. The van der Waals surface area contributed by atoms with Gasteiger partial charge in [-0.2, -0.15) is 0 Å². The van der Waals surface area contributed by atoms with Crippen LogP contribution in [0.5, 0.6) is 0 Å². The average molecular weight is 1270 g/mol. The topological polar surface area (TPSA) is 533 Å². The highest BCUT2D eigenvalue weighted by Crippen LogP contribution is 2.29. The summed E-state index contributed by atoms with van der Waals surface area (Å²) in [6.07, 6.45) is -6.24. The first kappa shape index (κ1) is 76.1. The first-order valence-electron chi connectivity index (χ1n) is 29.1. The maximum absolute atomic E-state index is 12.3. The number of ketones is 1. The number of amidine groups is 2. The predicted molar refractivity (Wildman–Crippen MR) is 301 cm³/mol. The van der Waals surface area contributed by atoms with Gasteiger partial charge in [-0.3, -0.25) is 59.7 Å². The Bertz CT molecular complexity index is 2200. The molecule has 0 spiro atoms. The molecule has 0 radical (unpaired) electrons. The van der Waals surface area contributed by atoms with E-state index in [4.69, 9.17) is 76.7 Å². The minimum Gasteiger partial charge on any atom is -0.431 e. The Morgan fingerprint density at radius 3 is 1.52 bits per heavy atom. The molecule has 0 aromatic rings. The molecule has 0 bridgehead atoms. The van der Waals surface area contributed by atoms with Crippen LogP contribution in [0, 0.1) is 22.7 Å². The van der Waals surface area contributed by atoms with Crippen LogP contribution in [0.15, 0.2) is 10.4 Å². The second kappa shape index (κ2) is 46.9. The van der Waals surface area contributed by atoms with E-state index in [1.54, 1.807) is 0 Å². The van der Waals surface area contributed by atoms with E-state index in [2.05, 4.69) is 41.0 Å². The van der Waals surface area contributed by atoms with Crippen molar-refractivity contribution in [2.24, 2.45) is 28.0 Å². The summed E-state index contributed by atoms with van der Waals surface area (Å²) in [4.78, 5) is 83.8. The first-order chi connectivity index (χ1) is 42.9. The molecule has 5 aliphatic heterocycles. The van der Waals surface area contributed by atoms with Crippen molar-refractivity contribution in [2.75, 3.05) is 159 Å². The van der Waals surface area contributed by atoms with Crippen LogP contribution in [0.3, 0.4) is 0 Å². The summed E-state index contributed by atoms with van der Waals surface area (Å²) in [5.74, 6) is -1.39. The molecule has 10 atom stereocenters. The molecular formula is C50H88FN15O22. The van der Waals surface area contributed by atoms with E-state index >= 15 is 0 Å². The number of imide groups is 1. The number of alkyl halides is 1. The van der Waals surface area contributed by atoms with E-state index in [1.807, 2.05) is 0 Å². The monoisotopic (exact) mass is 1270 g/mol. The molecule has 4 unspecified atom stereocenters. The number of azide groups is 2. The largest absolute Gasteiger partial charge is 0.431 e. The normalized spacial score (nSPS) is 24.1. The molecule has 5 saturated heterocycles. The second-order valence-corrected chi connectivity index (χ2v) is 19.4. The van der Waals surface area contributed by atoms with Gasteiger partial charge in [0.2, 0.25) is 17.7 Å². The van der Waals surface area contributed by atoms with E-state index in [1.165, 1.54) is 9.80 Å². The van der Waals surface area contributed by atoms with Crippen LogP contribution in [-0.2, 0) is 66.6 Å². The summed E-state index contributed by atoms with van der Waals surface area (Å²) >= 11 is 0. The number of halogens is 1. The summed E-state index contributed by atoms with van der Waals surface area (Å²) in [7, 11) is -1.00. The van der Waals surface area contributed by atoms with Gasteiger partial charge < -0.3 is 89.2 Å². The molecule has 5 rings (SSSR count). The summed E-state index contributed by atoms with van der Waals surface area (Å²) in [5.41, 5.74) is 21.5. The van der Waals surface area contributed by atoms with Gasteiger partial charge in [-0.15, -0.1) is 0 Å². The van der Waals surface area contributed by atoms with E-state index in [0.717, 1.165) is 4.90 Å². The minimum absolute atomic E-state index is 0.0365. The van der Waals surface area contributed by atoms with Crippen molar-refractivity contribution in [2.45, 2.75) is 100 Å². The van der Waals surface area contributed by atoms with Gasteiger partial charge >= 0.3 is 12.1 Å². The molecule has 38 heteroatoms. The standard InChI is InChI=1S/C23H41N7O10.C14H22N4O7.C12H22N4O5.CH3F/c24-21-16(14-30(23(35)28-21)22-20(34)19(33)17(15-31)40-22)2-1-4-26-18(32)3-6-36-8-10-38-12-13-39-11-9-37-7-5-27-29-25;15-16-17-25-10-9-24-8-7-23-6-5-22-4-3-12(19)11-18-13(20)1-2-14(18)21;13-3-1-2-6-4-16(12(20)15-10(6)14)11-9(19)8(18)7(5-17)21-11;1-2/h16-17,19-20,22,31,33-34H,1-15H2,(H,26,32)(H2,24,28,35);1-11H2;6-9,11,17-19H,1-5,13H2,(H2,14,15,20);1H3/t16?,17-,19?,20+,22-;;6?,7-,8?,9+,11-;/m1.1./s1/i;;;1D. The van der Waals surface area contributed by atoms with Gasteiger partial charge in [-0.25, -0.2) is 9.59 Å². The lowest BCUT2D eigenvalue weighted by molar-refractivity contribution is -0.142. The number of urea groups is 2. The van der Waals surface area contributed by atoms with E-state index < -0.39 is 81.5 Å². The summed E-state index contributed by atoms with van der Waals surface area (Å²) < 4.78 is 63.2.